The number of aromatic nitrogens is 2. The maximum atomic E-state index is 11.1. The minimum atomic E-state index is -0.102. The van der Waals surface area contributed by atoms with Gasteiger partial charge in [-0.15, -0.1) is 11.3 Å². The van der Waals surface area contributed by atoms with Gasteiger partial charge in [-0.25, -0.2) is 9.97 Å². The molecule has 2 aromatic heterocycles. The van der Waals surface area contributed by atoms with E-state index in [1.54, 1.807) is 11.3 Å². The van der Waals surface area contributed by atoms with Crippen LogP contribution in [-0.4, -0.2) is 22.4 Å². The molecular formula is C13H16N4OS2. The molecule has 20 heavy (non-hydrogen) atoms. The summed E-state index contributed by atoms with van der Waals surface area (Å²) in [5, 5.41) is 9.72. The van der Waals surface area contributed by atoms with Gasteiger partial charge in [0.15, 0.2) is 10.3 Å². The normalized spacial score (nSPS) is 14.3. The van der Waals surface area contributed by atoms with Crippen molar-refractivity contribution < 1.29 is 4.79 Å². The number of carbonyl (C=O) groups excluding carboxylic acids is 1. The Bertz CT molecular complexity index is 630. The second-order valence-electron chi connectivity index (χ2n) is 4.98. The molecule has 1 saturated carbocycles. The molecule has 2 aromatic rings. The molecule has 0 spiro atoms. The highest BCUT2D eigenvalue weighted by atomic mass is 32.1. The third kappa shape index (κ3) is 3.16. The van der Waals surface area contributed by atoms with E-state index in [9.17, 15) is 4.79 Å². The van der Waals surface area contributed by atoms with Crippen molar-refractivity contribution >= 4 is 38.8 Å². The fraction of sp³-hybridized carbons (Fsp3) is 0.462. The van der Waals surface area contributed by atoms with E-state index < -0.39 is 0 Å². The van der Waals surface area contributed by atoms with Gasteiger partial charge in [0.2, 0.25) is 5.91 Å². The average Bonchev–Trinajstić information content (AvgIpc) is 2.98. The highest BCUT2D eigenvalue weighted by Gasteiger charge is 2.21. The van der Waals surface area contributed by atoms with Crippen molar-refractivity contribution in [1.29, 1.82) is 0 Å². The summed E-state index contributed by atoms with van der Waals surface area (Å²) in [4.78, 5) is 21.0. The molecule has 1 aliphatic rings. The fourth-order valence-electron chi connectivity index (χ4n) is 1.85. The number of nitrogens with zero attached hydrogens (tertiary/aromatic N) is 2. The first-order valence-electron chi connectivity index (χ1n) is 6.56. The third-order valence-corrected chi connectivity index (χ3v) is 4.95. The molecule has 2 N–H and O–H groups in total. The number of rotatable bonds is 5. The van der Waals surface area contributed by atoms with E-state index in [0.29, 0.717) is 5.13 Å². The van der Waals surface area contributed by atoms with E-state index in [0.717, 1.165) is 33.9 Å². The zero-order valence-corrected chi connectivity index (χ0v) is 13.0. The van der Waals surface area contributed by atoms with E-state index >= 15 is 0 Å². The van der Waals surface area contributed by atoms with Crippen molar-refractivity contribution in [2.75, 3.05) is 17.2 Å². The smallest absolute Gasteiger partial charge is 0.223 e. The van der Waals surface area contributed by atoms with Gasteiger partial charge in [-0.2, -0.15) is 0 Å². The van der Waals surface area contributed by atoms with Crippen molar-refractivity contribution in [3.63, 3.8) is 0 Å². The van der Waals surface area contributed by atoms with Crippen LogP contribution in [0.5, 0.6) is 0 Å². The molecule has 0 atom stereocenters. The quantitative estimate of drug-likeness (QED) is 0.889. The second kappa shape index (κ2) is 5.49. The molecule has 0 aromatic carbocycles. The summed E-state index contributed by atoms with van der Waals surface area (Å²) in [6.45, 7) is 4.44. The number of carbonyl (C=O) groups is 1. The summed E-state index contributed by atoms with van der Waals surface area (Å²) in [7, 11) is 0. The van der Waals surface area contributed by atoms with Crippen LogP contribution in [0.15, 0.2) is 5.38 Å². The van der Waals surface area contributed by atoms with Crippen LogP contribution >= 0.6 is 22.7 Å². The Morgan fingerprint density at radius 1 is 1.40 bits per heavy atom. The molecule has 106 valence electrons. The molecule has 1 aliphatic carbocycles. The standard InChI is InChI=1S/C13H16N4OS2/c1-7-11(20-13(15-7)16-8(2)18)10-6-19-12(17-10)14-5-9-3-4-9/h6,9H,3-5H2,1-2H3,(H,14,17)(H,15,16,18). The van der Waals surface area contributed by atoms with Gasteiger partial charge < -0.3 is 10.6 Å². The molecule has 0 saturated heterocycles. The van der Waals surface area contributed by atoms with Crippen molar-refractivity contribution in [2.45, 2.75) is 26.7 Å². The number of aryl methyl sites for hydroxylation is 1. The molecule has 1 amide bonds. The van der Waals surface area contributed by atoms with Crippen LogP contribution < -0.4 is 10.6 Å². The number of hydrogen-bond acceptors (Lipinski definition) is 6. The Morgan fingerprint density at radius 3 is 2.90 bits per heavy atom. The van der Waals surface area contributed by atoms with Gasteiger partial charge in [0.25, 0.3) is 0 Å². The van der Waals surface area contributed by atoms with Crippen LogP contribution in [0.25, 0.3) is 10.6 Å². The zero-order valence-electron chi connectivity index (χ0n) is 11.4. The summed E-state index contributed by atoms with van der Waals surface area (Å²) in [5.41, 5.74) is 1.83. The lowest BCUT2D eigenvalue weighted by Gasteiger charge is -1.98. The van der Waals surface area contributed by atoms with Crippen LogP contribution in [0.2, 0.25) is 0 Å². The lowest BCUT2D eigenvalue weighted by molar-refractivity contribution is -0.114. The second-order valence-corrected chi connectivity index (χ2v) is 6.83. The van der Waals surface area contributed by atoms with Gasteiger partial charge in [0, 0.05) is 18.8 Å². The van der Waals surface area contributed by atoms with Crippen LogP contribution in [-0.2, 0) is 4.79 Å². The minimum Gasteiger partial charge on any atom is -0.361 e. The molecule has 2 heterocycles. The predicted molar refractivity (Wildman–Crippen MR) is 83.5 cm³/mol. The maximum absolute atomic E-state index is 11.1. The topological polar surface area (TPSA) is 66.9 Å². The highest BCUT2D eigenvalue weighted by Crippen LogP contribution is 2.35. The molecule has 0 bridgehead atoms. The van der Waals surface area contributed by atoms with Gasteiger partial charge in [-0.3, -0.25) is 4.79 Å². The summed E-state index contributed by atoms with van der Waals surface area (Å²) < 4.78 is 0. The van der Waals surface area contributed by atoms with Gasteiger partial charge in [0.05, 0.1) is 16.3 Å². The molecule has 7 heteroatoms. The van der Waals surface area contributed by atoms with Crippen molar-refractivity contribution in [3.05, 3.63) is 11.1 Å². The van der Waals surface area contributed by atoms with E-state index in [-0.39, 0.29) is 5.91 Å². The molecule has 5 nitrogen and oxygen atoms in total. The molecule has 1 fully saturated rings. The summed E-state index contributed by atoms with van der Waals surface area (Å²) in [6, 6.07) is 0. The Labute approximate surface area is 125 Å². The monoisotopic (exact) mass is 308 g/mol. The fourth-order valence-corrected chi connectivity index (χ4v) is 3.61. The Balaban J connectivity index is 1.74. The molecule has 0 radical (unpaired) electrons. The lowest BCUT2D eigenvalue weighted by atomic mass is 10.3. The number of anilines is 2. The molecule has 0 unspecified atom stereocenters. The average molecular weight is 308 g/mol. The molecular weight excluding hydrogens is 292 g/mol. The van der Waals surface area contributed by atoms with Gasteiger partial charge in [-0.1, -0.05) is 11.3 Å². The Hall–Kier alpha value is -1.47. The van der Waals surface area contributed by atoms with Crippen molar-refractivity contribution in [2.24, 2.45) is 5.92 Å². The molecule has 0 aliphatic heterocycles. The number of amides is 1. The summed E-state index contributed by atoms with van der Waals surface area (Å²) in [6.07, 6.45) is 2.67. The van der Waals surface area contributed by atoms with Gasteiger partial charge in [-0.05, 0) is 25.7 Å². The molecule has 3 rings (SSSR count). The minimum absolute atomic E-state index is 0.102. The van der Waals surface area contributed by atoms with Crippen LogP contribution in [0.4, 0.5) is 10.3 Å². The van der Waals surface area contributed by atoms with E-state index in [1.165, 1.54) is 31.1 Å². The van der Waals surface area contributed by atoms with Gasteiger partial charge >= 0.3 is 0 Å². The van der Waals surface area contributed by atoms with Crippen LogP contribution in [0.3, 0.4) is 0 Å². The Kier molecular flexibility index (Phi) is 3.71. The van der Waals surface area contributed by atoms with Crippen LogP contribution in [0, 0.1) is 12.8 Å². The predicted octanol–water partition coefficient (Wildman–Crippen LogP) is 3.36. The SMILES string of the molecule is CC(=O)Nc1nc(C)c(-c2csc(NCC3CC3)n2)s1. The summed E-state index contributed by atoms with van der Waals surface area (Å²) >= 11 is 3.08. The number of nitrogens with one attached hydrogen (secondary N) is 2. The van der Waals surface area contributed by atoms with E-state index in [4.69, 9.17) is 0 Å². The first kappa shape index (κ1) is 13.5. The Morgan fingerprint density at radius 2 is 2.20 bits per heavy atom. The van der Waals surface area contributed by atoms with Crippen molar-refractivity contribution in [1.82, 2.24) is 9.97 Å². The van der Waals surface area contributed by atoms with E-state index in [2.05, 4.69) is 20.6 Å². The van der Waals surface area contributed by atoms with Crippen LogP contribution in [0.1, 0.15) is 25.5 Å². The first-order valence-corrected chi connectivity index (χ1v) is 8.26. The number of hydrogen-bond donors (Lipinski definition) is 2. The summed E-state index contributed by atoms with van der Waals surface area (Å²) in [5.74, 6) is 0.731. The maximum Gasteiger partial charge on any atom is 0.223 e. The largest absolute Gasteiger partial charge is 0.361 e. The first-order chi connectivity index (χ1) is 9.61. The van der Waals surface area contributed by atoms with Gasteiger partial charge in [0.1, 0.15) is 0 Å². The highest BCUT2D eigenvalue weighted by molar-refractivity contribution is 7.19. The van der Waals surface area contributed by atoms with E-state index in [1.807, 2.05) is 12.3 Å². The van der Waals surface area contributed by atoms with Crippen molar-refractivity contribution in [3.8, 4) is 10.6 Å². The third-order valence-electron chi connectivity index (χ3n) is 3.06. The zero-order chi connectivity index (χ0) is 14.1. The lowest BCUT2D eigenvalue weighted by Crippen LogP contribution is -2.04. The number of thiazole rings is 2.